The fourth-order valence-corrected chi connectivity index (χ4v) is 6.18. The van der Waals surface area contributed by atoms with Crippen molar-refractivity contribution in [2.24, 2.45) is 0 Å². The second kappa shape index (κ2) is 6.79. The third-order valence-electron chi connectivity index (χ3n) is 4.03. The van der Waals surface area contributed by atoms with Crippen LogP contribution in [0, 0.1) is 0 Å². The number of amides is 2. The number of sulfonamides is 1. The van der Waals surface area contributed by atoms with Crippen LogP contribution in [0.5, 0.6) is 0 Å². The number of hydrogen-bond acceptors (Lipinski definition) is 5. The molecule has 6 nitrogen and oxygen atoms in total. The fourth-order valence-electron chi connectivity index (χ4n) is 2.85. The van der Waals surface area contributed by atoms with E-state index in [0.717, 1.165) is 13.0 Å². The third kappa shape index (κ3) is 3.19. The molecule has 0 radical (unpaired) electrons. The van der Waals surface area contributed by atoms with Crippen LogP contribution in [-0.2, 0) is 16.6 Å². The monoisotopic (exact) mass is 456 g/mol. The van der Waals surface area contributed by atoms with Crippen molar-refractivity contribution in [2.45, 2.75) is 31.3 Å². The van der Waals surface area contributed by atoms with E-state index in [-0.39, 0.29) is 21.9 Å². The molecular formula is C17H17BrN2O4S2. The van der Waals surface area contributed by atoms with Gasteiger partial charge >= 0.3 is 0 Å². The van der Waals surface area contributed by atoms with Gasteiger partial charge in [-0.05, 0) is 60.1 Å². The molecule has 0 saturated heterocycles. The molecule has 1 aromatic heterocycles. The first kappa shape index (κ1) is 19.1. The summed E-state index contributed by atoms with van der Waals surface area (Å²) in [6.07, 6.45) is 0. The summed E-state index contributed by atoms with van der Waals surface area (Å²) in [6.45, 7) is 3.69. The van der Waals surface area contributed by atoms with Gasteiger partial charge in [0, 0.05) is 23.5 Å². The molecule has 2 heterocycles. The van der Waals surface area contributed by atoms with Gasteiger partial charge in [-0.15, -0.1) is 11.3 Å². The lowest BCUT2D eigenvalue weighted by molar-refractivity contribution is 0.0784. The number of halogens is 1. The molecule has 0 spiro atoms. The maximum absolute atomic E-state index is 12.7. The average molecular weight is 457 g/mol. The quantitative estimate of drug-likeness (QED) is 0.706. The topological polar surface area (TPSA) is 74.8 Å². The van der Waals surface area contributed by atoms with Gasteiger partial charge in [-0.2, -0.15) is 0 Å². The number of hydrogen-bond donors (Lipinski definition) is 0. The summed E-state index contributed by atoms with van der Waals surface area (Å²) in [5.74, 6) is -0.853. The van der Waals surface area contributed by atoms with E-state index in [1.807, 2.05) is 12.1 Å². The molecule has 0 saturated carbocycles. The normalized spacial score (nSPS) is 15.4. The van der Waals surface area contributed by atoms with Gasteiger partial charge in [0.2, 0.25) is 0 Å². The molecule has 26 heavy (non-hydrogen) atoms. The van der Waals surface area contributed by atoms with Crippen LogP contribution in [-0.4, -0.2) is 42.5 Å². The molecule has 1 aliphatic rings. The number of rotatable bonds is 4. The van der Waals surface area contributed by atoms with E-state index in [2.05, 4.69) is 15.9 Å². The van der Waals surface area contributed by atoms with Crippen LogP contribution in [0.25, 0.3) is 0 Å². The van der Waals surface area contributed by atoms with Crippen molar-refractivity contribution in [3.05, 3.63) is 50.1 Å². The Hall–Kier alpha value is -1.71. The number of benzene rings is 1. The molecule has 1 aromatic carbocycles. The van der Waals surface area contributed by atoms with Crippen molar-refractivity contribution in [3.8, 4) is 0 Å². The zero-order valence-corrected chi connectivity index (χ0v) is 17.6. The highest BCUT2D eigenvalue weighted by Crippen LogP contribution is 2.33. The van der Waals surface area contributed by atoms with E-state index < -0.39 is 22.0 Å². The lowest BCUT2D eigenvalue weighted by Crippen LogP contribution is -2.36. The second-order valence-electron chi connectivity index (χ2n) is 6.28. The van der Waals surface area contributed by atoms with E-state index in [9.17, 15) is 18.0 Å². The summed E-state index contributed by atoms with van der Waals surface area (Å²) in [5.41, 5.74) is 0.351. The first-order valence-corrected chi connectivity index (χ1v) is 10.9. The highest BCUT2D eigenvalue weighted by molar-refractivity contribution is 9.11. The van der Waals surface area contributed by atoms with Gasteiger partial charge in [0.15, 0.2) is 0 Å². The van der Waals surface area contributed by atoms with Crippen LogP contribution in [0.15, 0.2) is 39.0 Å². The smallest absolute Gasteiger partial charge is 0.269 e. The zero-order chi connectivity index (χ0) is 19.2. The fraction of sp³-hybridized carbons (Fsp3) is 0.294. The number of thiophene rings is 1. The lowest BCUT2D eigenvalue weighted by Gasteiger charge is -2.19. The summed E-state index contributed by atoms with van der Waals surface area (Å²) in [5, 5.41) is 0. The van der Waals surface area contributed by atoms with Crippen LogP contribution in [0.2, 0.25) is 0 Å². The lowest BCUT2D eigenvalue weighted by atomic mass is 10.1. The van der Waals surface area contributed by atoms with E-state index in [1.54, 1.807) is 20.9 Å². The minimum atomic E-state index is -3.92. The maximum atomic E-state index is 12.7. The van der Waals surface area contributed by atoms with Gasteiger partial charge < -0.3 is 4.90 Å². The molecule has 0 aliphatic carbocycles. The Labute approximate surface area is 164 Å². The second-order valence-corrected chi connectivity index (χ2v) is 10.6. The van der Waals surface area contributed by atoms with Gasteiger partial charge in [0.25, 0.3) is 21.8 Å². The highest BCUT2D eigenvalue weighted by Gasteiger charge is 2.43. The molecule has 0 bridgehead atoms. The van der Waals surface area contributed by atoms with Gasteiger partial charge in [0.1, 0.15) is 4.90 Å². The van der Waals surface area contributed by atoms with Crippen LogP contribution in [0.1, 0.15) is 39.4 Å². The molecular weight excluding hydrogens is 440 g/mol. The molecule has 1 aliphatic heterocycles. The Bertz CT molecular complexity index is 998. The minimum Gasteiger partial charge on any atom is -0.337 e. The molecule has 0 atom stereocenters. The summed E-state index contributed by atoms with van der Waals surface area (Å²) < 4.78 is 27.1. The summed E-state index contributed by atoms with van der Waals surface area (Å²) >= 11 is 4.91. The zero-order valence-electron chi connectivity index (χ0n) is 14.4. The van der Waals surface area contributed by atoms with Gasteiger partial charge in [0.05, 0.1) is 15.9 Å². The Morgan fingerprint density at radius 3 is 2.54 bits per heavy atom. The van der Waals surface area contributed by atoms with Crippen molar-refractivity contribution in [3.63, 3.8) is 0 Å². The number of nitrogens with zero attached hydrogens (tertiary/aromatic N) is 2. The molecule has 138 valence electrons. The first-order valence-electron chi connectivity index (χ1n) is 7.85. The van der Waals surface area contributed by atoms with Crippen molar-refractivity contribution >= 4 is 49.1 Å². The summed E-state index contributed by atoms with van der Waals surface area (Å²) in [7, 11) is -2.27. The van der Waals surface area contributed by atoms with E-state index in [0.29, 0.717) is 6.54 Å². The van der Waals surface area contributed by atoms with Crippen molar-refractivity contribution in [1.29, 1.82) is 0 Å². The molecule has 9 heteroatoms. The molecule has 2 amide bonds. The van der Waals surface area contributed by atoms with Crippen molar-refractivity contribution in [2.75, 3.05) is 7.05 Å². The Balaban J connectivity index is 1.91. The van der Waals surface area contributed by atoms with Crippen LogP contribution in [0.3, 0.4) is 0 Å². The molecule has 0 fully saturated rings. The van der Waals surface area contributed by atoms with E-state index >= 15 is 0 Å². The van der Waals surface area contributed by atoms with Crippen LogP contribution in [0.4, 0.5) is 0 Å². The molecule has 3 rings (SSSR count). The minimum absolute atomic E-state index is 0.102. The number of carbonyl (C=O) groups excluding carboxylic acids is 2. The third-order valence-corrected chi connectivity index (χ3v) is 7.64. The summed E-state index contributed by atoms with van der Waals surface area (Å²) in [6, 6.07) is 7.56. The maximum Gasteiger partial charge on any atom is 0.269 e. The van der Waals surface area contributed by atoms with Gasteiger partial charge in [-0.1, -0.05) is 0 Å². The van der Waals surface area contributed by atoms with E-state index in [1.165, 1.54) is 34.4 Å². The van der Waals surface area contributed by atoms with Crippen LogP contribution < -0.4 is 0 Å². The predicted octanol–water partition coefficient (Wildman–Crippen LogP) is 3.34. The molecule has 0 unspecified atom stereocenters. The van der Waals surface area contributed by atoms with E-state index in [4.69, 9.17) is 0 Å². The highest BCUT2D eigenvalue weighted by atomic mass is 79.9. The first-order chi connectivity index (χ1) is 12.1. The van der Waals surface area contributed by atoms with Crippen molar-refractivity contribution in [1.82, 2.24) is 9.21 Å². The van der Waals surface area contributed by atoms with Gasteiger partial charge in [-0.3, -0.25) is 9.59 Å². The predicted molar refractivity (Wildman–Crippen MR) is 103 cm³/mol. The van der Waals surface area contributed by atoms with Gasteiger partial charge in [-0.25, -0.2) is 12.7 Å². The standard InChI is InChI=1S/C17H17BrN2O4S2/c1-10(2)20-17(22)13-6-4-11(8-14(13)26(20,23)24)16(21)19(3)9-12-5-7-15(18)25-12/h4-8,10H,9H2,1-3H3. The van der Waals surface area contributed by atoms with Crippen molar-refractivity contribution < 1.29 is 18.0 Å². The SMILES string of the molecule is CC(C)N1C(=O)c2ccc(C(=O)N(C)Cc3ccc(Br)s3)cc2S1(=O)=O. The molecule has 2 aromatic rings. The Kier molecular flexibility index (Phi) is 4.98. The van der Waals surface area contributed by atoms with Crippen LogP contribution >= 0.6 is 27.3 Å². The number of fused-ring (bicyclic) bond motifs is 1. The Morgan fingerprint density at radius 1 is 1.27 bits per heavy atom. The Morgan fingerprint density at radius 2 is 1.96 bits per heavy atom. The largest absolute Gasteiger partial charge is 0.337 e. The summed E-state index contributed by atoms with van der Waals surface area (Å²) in [4.78, 5) is 27.5. The molecule has 0 N–H and O–H groups in total. The average Bonchev–Trinajstić information content (AvgIpc) is 3.05. The number of carbonyl (C=O) groups is 2.